The molecule has 0 unspecified atom stereocenters. The smallest absolute Gasteiger partial charge is 0.239 e. The maximum absolute atomic E-state index is 11.5. The Morgan fingerprint density at radius 3 is 2.27 bits per heavy atom. The lowest BCUT2D eigenvalue weighted by Crippen LogP contribution is -2.41. The molecule has 0 saturated carbocycles. The van der Waals surface area contributed by atoms with Crippen LogP contribution in [-0.4, -0.2) is 36.3 Å². The Hall–Kier alpha value is -1.06. The number of carbonyl (C=O) groups is 2. The Balaban J connectivity index is 4.03. The molecule has 0 heterocycles. The molecule has 0 radical (unpaired) electrons. The molecule has 1 N–H and O–H groups in total. The molecule has 88 valence electrons. The zero-order chi connectivity index (χ0) is 11.7. The van der Waals surface area contributed by atoms with Gasteiger partial charge in [-0.3, -0.25) is 9.59 Å². The molecule has 0 aliphatic carbocycles. The third kappa shape index (κ3) is 6.10. The van der Waals surface area contributed by atoms with E-state index < -0.39 is 0 Å². The molecule has 0 aromatic rings. The SMILES string of the molecule is CCCNC(=O)CN(CCC)C(=O)CC. The van der Waals surface area contributed by atoms with Gasteiger partial charge in [0, 0.05) is 19.5 Å². The van der Waals surface area contributed by atoms with Crippen LogP contribution in [0.25, 0.3) is 0 Å². The first kappa shape index (κ1) is 13.9. The third-order valence-corrected chi connectivity index (χ3v) is 2.06. The van der Waals surface area contributed by atoms with E-state index in [4.69, 9.17) is 0 Å². The first-order chi connectivity index (χ1) is 7.15. The molecule has 2 amide bonds. The van der Waals surface area contributed by atoms with Gasteiger partial charge < -0.3 is 10.2 Å². The Morgan fingerprint density at radius 1 is 1.13 bits per heavy atom. The van der Waals surface area contributed by atoms with Crippen molar-refractivity contribution in [3.63, 3.8) is 0 Å². The molecule has 4 heteroatoms. The predicted molar refractivity (Wildman–Crippen MR) is 60.5 cm³/mol. The fraction of sp³-hybridized carbons (Fsp3) is 0.818. The van der Waals surface area contributed by atoms with Crippen molar-refractivity contribution in [2.45, 2.75) is 40.0 Å². The molecule has 4 nitrogen and oxygen atoms in total. The van der Waals surface area contributed by atoms with Crippen molar-refractivity contribution < 1.29 is 9.59 Å². The quantitative estimate of drug-likeness (QED) is 0.691. The summed E-state index contributed by atoms with van der Waals surface area (Å²) in [5.74, 6) is -0.0180. The van der Waals surface area contributed by atoms with E-state index in [1.807, 2.05) is 20.8 Å². The van der Waals surface area contributed by atoms with Crippen LogP contribution in [0.2, 0.25) is 0 Å². The molecule has 0 aromatic heterocycles. The lowest BCUT2D eigenvalue weighted by molar-refractivity contribution is -0.135. The van der Waals surface area contributed by atoms with Gasteiger partial charge in [-0.1, -0.05) is 20.8 Å². The topological polar surface area (TPSA) is 49.4 Å². The van der Waals surface area contributed by atoms with E-state index in [-0.39, 0.29) is 18.4 Å². The van der Waals surface area contributed by atoms with E-state index in [9.17, 15) is 9.59 Å². The number of nitrogens with zero attached hydrogens (tertiary/aromatic N) is 1. The van der Waals surface area contributed by atoms with Crippen LogP contribution in [-0.2, 0) is 9.59 Å². The molecule has 0 aliphatic heterocycles. The van der Waals surface area contributed by atoms with Crippen LogP contribution in [0, 0.1) is 0 Å². The van der Waals surface area contributed by atoms with Crippen molar-refractivity contribution in [1.29, 1.82) is 0 Å². The summed E-state index contributed by atoms with van der Waals surface area (Å²) in [5, 5.41) is 2.77. The Morgan fingerprint density at radius 2 is 1.80 bits per heavy atom. The lowest BCUT2D eigenvalue weighted by atomic mass is 10.3. The molecule has 0 fully saturated rings. The third-order valence-electron chi connectivity index (χ3n) is 2.06. The number of carbonyl (C=O) groups excluding carboxylic acids is 2. The summed E-state index contributed by atoms with van der Waals surface area (Å²) < 4.78 is 0. The molecule has 0 aromatic carbocycles. The molecule has 0 rings (SSSR count). The summed E-state index contributed by atoms with van der Waals surface area (Å²) in [6, 6.07) is 0. The van der Waals surface area contributed by atoms with Crippen molar-refractivity contribution in [1.82, 2.24) is 10.2 Å². The number of hydrogen-bond donors (Lipinski definition) is 1. The first-order valence-electron chi connectivity index (χ1n) is 5.70. The fourth-order valence-electron chi connectivity index (χ4n) is 1.28. The van der Waals surface area contributed by atoms with Gasteiger partial charge in [0.1, 0.15) is 0 Å². The monoisotopic (exact) mass is 214 g/mol. The average molecular weight is 214 g/mol. The zero-order valence-corrected chi connectivity index (χ0v) is 10.0. The summed E-state index contributed by atoms with van der Waals surface area (Å²) in [7, 11) is 0. The molecule has 0 saturated heterocycles. The Labute approximate surface area is 92.0 Å². The maximum Gasteiger partial charge on any atom is 0.239 e. The van der Waals surface area contributed by atoms with Gasteiger partial charge in [-0.15, -0.1) is 0 Å². The van der Waals surface area contributed by atoms with Gasteiger partial charge in [-0.25, -0.2) is 0 Å². The summed E-state index contributed by atoms with van der Waals surface area (Å²) in [4.78, 5) is 24.5. The fourth-order valence-corrected chi connectivity index (χ4v) is 1.28. The van der Waals surface area contributed by atoms with E-state index in [1.165, 1.54) is 0 Å². The summed E-state index contributed by atoms with van der Waals surface area (Å²) in [5.41, 5.74) is 0. The van der Waals surface area contributed by atoms with Gasteiger partial charge in [0.15, 0.2) is 0 Å². The molecular weight excluding hydrogens is 192 g/mol. The molecule has 15 heavy (non-hydrogen) atoms. The summed E-state index contributed by atoms with van der Waals surface area (Å²) in [6.07, 6.45) is 2.26. The second-order valence-corrected chi connectivity index (χ2v) is 3.52. The van der Waals surface area contributed by atoms with Crippen LogP contribution < -0.4 is 5.32 Å². The van der Waals surface area contributed by atoms with Crippen LogP contribution in [0.5, 0.6) is 0 Å². The highest BCUT2D eigenvalue weighted by molar-refractivity contribution is 5.84. The van der Waals surface area contributed by atoms with Crippen molar-refractivity contribution in [2.75, 3.05) is 19.6 Å². The van der Waals surface area contributed by atoms with Crippen molar-refractivity contribution >= 4 is 11.8 Å². The minimum atomic E-state index is -0.0629. The average Bonchev–Trinajstić information content (AvgIpc) is 2.24. The standard InChI is InChI=1S/C11H22N2O2/c1-4-7-12-10(14)9-13(8-5-2)11(15)6-3/h4-9H2,1-3H3,(H,12,14). The lowest BCUT2D eigenvalue weighted by Gasteiger charge is -2.20. The van der Waals surface area contributed by atoms with Crippen molar-refractivity contribution in [2.24, 2.45) is 0 Å². The zero-order valence-electron chi connectivity index (χ0n) is 10.0. The molecule has 0 bridgehead atoms. The van der Waals surface area contributed by atoms with Crippen LogP contribution in [0.4, 0.5) is 0 Å². The van der Waals surface area contributed by atoms with Crippen LogP contribution in [0.3, 0.4) is 0 Å². The van der Waals surface area contributed by atoms with Gasteiger partial charge in [-0.05, 0) is 12.8 Å². The number of rotatable bonds is 7. The van der Waals surface area contributed by atoms with E-state index in [2.05, 4.69) is 5.32 Å². The van der Waals surface area contributed by atoms with Crippen LogP contribution >= 0.6 is 0 Å². The predicted octanol–water partition coefficient (Wildman–Crippen LogP) is 1.16. The van der Waals surface area contributed by atoms with E-state index >= 15 is 0 Å². The van der Waals surface area contributed by atoms with Crippen LogP contribution in [0.15, 0.2) is 0 Å². The second kappa shape index (κ2) is 8.26. The Bertz CT molecular complexity index is 205. The molecule has 0 spiro atoms. The van der Waals surface area contributed by atoms with Gasteiger partial charge in [0.05, 0.1) is 6.54 Å². The van der Waals surface area contributed by atoms with Gasteiger partial charge in [0.2, 0.25) is 11.8 Å². The van der Waals surface area contributed by atoms with Crippen LogP contribution in [0.1, 0.15) is 40.0 Å². The molecular formula is C11H22N2O2. The highest BCUT2D eigenvalue weighted by Gasteiger charge is 2.13. The van der Waals surface area contributed by atoms with Gasteiger partial charge in [-0.2, -0.15) is 0 Å². The summed E-state index contributed by atoms with van der Waals surface area (Å²) in [6.45, 7) is 7.35. The Kier molecular flexibility index (Phi) is 7.68. The van der Waals surface area contributed by atoms with E-state index in [0.717, 1.165) is 12.8 Å². The maximum atomic E-state index is 11.5. The molecule has 0 aliphatic rings. The highest BCUT2D eigenvalue weighted by atomic mass is 16.2. The number of amides is 2. The summed E-state index contributed by atoms with van der Waals surface area (Å²) >= 11 is 0. The largest absolute Gasteiger partial charge is 0.355 e. The van der Waals surface area contributed by atoms with E-state index in [0.29, 0.717) is 19.5 Å². The van der Waals surface area contributed by atoms with Crippen molar-refractivity contribution in [3.8, 4) is 0 Å². The minimum Gasteiger partial charge on any atom is -0.355 e. The second-order valence-electron chi connectivity index (χ2n) is 3.52. The number of nitrogens with one attached hydrogen (secondary N) is 1. The molecule has 0 atom stereocenters. The highest BCUT2D eigenvalue weighted by Crippen LogP contribution is 1.95. The normalized spacial score (nSPS) is 9.80. The minimum absolute atomic E-state index is 0.0449. The van der Waals surface area contributed by atoms with E-state index in [1.54, 1.807) is 4.90 Å². The first-order valence-corrected chi connectivity index (χ1v) is 5.70. The van der Waals surface area contributed by atoms with Gasteiger partial charge >= 0.3 is 0 Å². The van der Waals surface area contributed by atoms with Crippen molar-refractivity contribution in [3.05, 3.63) is 0 Å². The van der Waals surface area contributed by atoms with Gasteiger partial charge in [0.25, 0.3) is 0 Å². The number of hydrogen-bond acceptors (Lipinski definition) is 2.